The Morgan fingerprint density at radius 1 is 1.36 bits per heavy atom. The maximum atomic E-state index is 5.44. The fourth-order valence-corrected chi connectivity index (χ4v) is 0.729. The van der Waals surface area contributed by atoms with Crippen molar-refractivity contribution in [2.75, 3.05) is 33.9 Å². The van der Waals surface area contributed by atoms with E-state index in [0.29, 0.717) is 6.10 Å². The van der Waals surface area contributed by atoms with Crippen LogP contribution in [0.4, 0.5) is 0 Å². The molecule has 0 bridgehead atoms. The molecule has 1 unspecified atom stereocenters. The van der Waals surface area contributed by atoms with Gasteiger partial charge in [0, 0.05) is 20.3 Å². The molecule has 0 spiro atoms. The first-order valence-electron chi connectivity index (χ1n) is 4.06. The van der Waals surface area contributed by atoms with E-state index in [0.717, 1.165) is 26.2 Å². The summed E-state index contributed by atoms with van der Waals surface area (Å²) in [5.41, 5.74) is 0. The average Bonchev–Trinajstić information content (AvgIpc) is 2.01. The van der Waals surface area contributed by atoms with E-state index in [1.807, 2.05) is 7.05 Å². The number of rotatable bonds is 7. The van der Waals surface area contributed by atoms with Gasteiger partial charge in [0.15, 0.2) is 0 Å². The molecule has 0 amide bonds. The fourth-order valence-electron chi connectivity index (χ4n) is 0.729. The second-order valence-corrected chi connectivity index (χ2v) is 2.57. The molecule has 68 valence electrons. The van der Waals surface area contributed by atoms with Crippen molar-refractivity contribution in [2.45, 2.75) is 19.4 Å². The van der Waals surface area contributed by atoms with Crippen LogP contribution in [-0.4, -0.2) is 40.0 Å². The van der Waals surface area contributed by atoms with Gasteiger partial charge >= 0.3 is 0 Å². The molecule has 0 aliphatic heterocycles. The highest BCUT2D eigenvalue weighted by atomic mass is 16.5. The van der Waals surface area contributed by atoms with Gasteiger partial charge in [-0.15, -0.1) is 0 Å². The number of hydrogen-bond acceptors (Lipinski definition) is 3. The topological polar surface area (TPSA) is 30.5 Å². The molecule has 0 fully saturated rings. The summed E-state index contributed by atoms with van der Waals surface area (Å²) in [6, 6.07) is 0. The van der Waals surface area contributed by atoms with Crippen LogP contribution in [0.25, 0.3) is 0 Å². The third-order valence-corrected chi connectivity index (χ3v) is 1.48. The lowest BCUT2D eigenvalue weighted by Crippen LogP contribution is -2.19. The van der Waals surface area contributed by atoms with Crippen molar-refractivity contribution >= 4 is 0 Å². The van der Waals surface area contributed by atoms with Gasteiger partial charge in [-0.05, 0) is 20.4 Å². The van der Waals surface area contributed by atoms with E-state index in [9.17, 15) is 0 Å². The van der Waals surface area contributed by atoms with Crippen LogP contribution in [0, 0.1) is 0 Å². The van der Waals surface area contributed by atoms with Gasteiger partial charge in [0.25, 0.3) is 0 Å². The number of hydrogen-bond donors (Lipinski definition) is 1. The van der Waals surface area contributed by atoms with Crippen molar-refractivity contribution in [3.8, 4) is 0 Å². The molecule has 0 aliphatic rings. The highest BCUT2D eigenvalue weighted by Gasteiger charge is 1.99. The van der Waals surface area contributed by atoms with E-state index in [-0.39, 0.29) is 0 Å². The molecule has 0 rings (SSSR count). The van der Waals surface area contributed by atoms with E-state index in [4.69, 9.17) is 9.47 Å². The lowest BCUT2D eigenvalue weighted by Gasteiger charge is -2.11. The SMILES string of the molecule is CNCCOC(C)CCOC. The monoisotopic (exact) mass is 161 g/mol. The molecule has 3 heteroatoms. The van der Waals surface area contributed by atoms with Gasteiger partial charge in [0.2, 0.25) is 0 Å². The van der Waals surface area contributed by atoms with Crippen LogP contribution in [0.5, 0.6) is 0 Å². The molecule has 0 aliphatic carbocycles. The highest BCUT2D eigenvalue weighted by Crippen LogP contribution is 1.95. The maximum absolute atomic E-state index is 5.44. The van der Waals surface area contributed by atoms with Gasteiger partial charge in [-0.25, -0.2) is 0 Å². The minimum absolute atomic E-state index is 0.309. The molecule has 0 saturated carbocycles. The van der Waals surface area contributed by atoms with Gasteiger partial charge in [-0.2, -0.15) is 0 Å². The minimum atomic E-state index is 0.309. The van der Waals surface area contributed by atoms with Crippen LogP contribution in [-0.2, 0) is 9.47 Å². The molecule has 0 saturated heterocycles. The summed E-state index contributed by atoms with van der Waals surface area (Å²) in [5, 5.41) is 3.02. The summed E-state index contributed by atoms with van der Waals surface area (Å²) in [7, 11) is 3.63. The number of methoxy groups -OCH3 is 1. The zero-order valence-electron chi connectivity index (χ0n) is 7.72. The van der Waals surface area contributed by atoms with E-state index < -0.39 is 0 Å². The van der Waals surface area contributed by atoms with Crippen molar-refractivity contribution in [1.82, 2.24) is 5.32 Å². The first-order chi connectivity index (χ1) is 5.31. The summed E-state index contributed by atoms with van der Waals surface area (Å²) < 4.78 is 10.4. The van der Waals surface area contributed by atoms with Gasteiger partial charge < -0.3 is 14.8 Å². The Bertz CT molecular complexity index is 78.5. The lowest BCUT2D eigenvalue weighted by molar-refractivity contribution is 0.0432. The molecular weight excluding hydrogens is 142 g/mol. The zero-order valence-corrected chi connectivity index (χ0v) is 7.72. The summed E-state index contributed by atoms with van der Waals surface area (Å²) in [6.45, 7) is 4.54. The van der Waals surface area contributed by atoms with E-state index in [1.54, 1.807) is 7.11 Å². The van der Waals surface area contributed by atoms with Crippen molar-refractivity contribution in [3.05, 3.63) is 0 Å². The van der Waals surface area contributed by atoms with Gasteiger partial charge in [0.1, 0.15) is 0 Å². The molecule has 0 aromatic rings. The van der Waals surface area contributed by atoms with E-state index in [1.165, 1.54) is 0 Å². The highest BCUT2D eigenvalue weighted by molar-refractivity contribution is 4.49. The summed E-state index contributed by atoms with van der Waals surface area (Å²) in [4.78, 5) is 0. The molecular formula is C8H19NO2. The third-order valence-electron chi connectivity index (χ3n) is 1.48. The Balaban J connectivity index is 3.02. The van der Waals surface area contributed by atoms with Crippen LogP contribution >= 0.6 is 0 Å². The molecule has 1 atom stereocenters. The Labute approximate surface area is 69.1 Å². The predicted octanol–water partition coefficient (Wildman–Crippen LogP) is 0.647. The molecule has 0 radical (unpaired) electrons. The number of nitrogens with one attached hydrogen (secondary N) is 1. The second-order valence-electron chi connectivity index (χ2n) is 2.57. The summed E-state index contributed by atoms with van der Waals surface area (Å²) >= 11 is 0. The molecule has 1 N–H and O–H groups in total. The standard InChI is InChI=1S/C8H19NO2/c1-8(4-6-10-3)11-7-5-9-2/h8-9H,4-7H2,1-3H3. The first-order valence-corrected chi connectivity index (χ1v) is 4.06. The number of likely N-dealkylation sites (N-methyl/N-ethyl adjacent to an activating group) is 1. The smallest absolute Gasteiger partial charge is 0.0594 e. The Hall–Kier alpha value is -0.120. The maximum Gasteiger partial charge on any atom is 0.0594 e. The molecule has 0 aromatic carbocycles. The van der Waals surface area contributed by atoms with Gasteiger partial charge in [-0.1, -0.05) is 0 Å². The van der Waals surface area contributed by atoms with E-state index in [2.05, 4.69) is 12.2 Å². The van der Waals surface area contributed by atoms with E-state index >= 15 is 0 Å². The van der Waals surface area contributed by atoms with Crippen molar-refractivity contribution in [3.63, 3.8) is 0 Å². The molecule has 0 heterocycles. The fraction of sp³-hybridized carbons (Fsp3) is 1.00. The van der Waals surface area contributed by atoms with Crippen molar-refractivity contribution in [2.24, 2.45) is 0 Å². The third kappa shape index (κ3) is 7.78. The molecule has 11 heavy (non-hydrogen) atoms. The van der Waals surface area contributed by atoms with Crippen LogP contribution < -0.4 is 5.32 Å². The minimum Gasteiger partial charge on any atom is -0.385 e. The van der Waals surface area contributed by atoms with Crippen molar-refractivity contribution in [1.29, 1.82) is 0 Å². The van der Waals surface area contributed by atoms with Crippen molar-refractivity contribution < 1.29 is 9.47 Å². The first kappa shape index (κ1) is 10.9. The second kappa shape index (κ2) is 7.98. The van der Waals surface area contributed by atoms with Crippen LogP contribution in [0.3, 0.4) is 0 Å². The summed E-state index contributed by atoms with van der Waals surface area (Å²) in [6.07, 6.45) is 1.28. The quantitative estimate of drug-likeness (QED) is 0.556. The lowest BCUT2D eigenvalue weighted by atomic mass is 10.3. The molecule has 0 aromatic heterocycles. The van der Waals surface area contributed by atoms with Gasteiger partial charge in [-0.3, -0.25) is 0 Å². The summed E-state index contributed by atoms with van der Waals surface area (Å²) in [5.74, 6) is 0. The predicted molar refractivity (Wildman–Crippen MR) is 45.8 cm³/mol. The van der Waals surface area contributed by atoms with Crippen LogP contribution in [0.1, 0.15) is 13.3 Å². The Kier molecular flexibility index (Phi) is 7.89. The number of ether oxygens (including phenoxy) is 2. The molecule has 3 nitrogen and oxygen atoms in total. The average molecular weight is 161 g/mol. The van der Waals surface area contributed by atoms with Gasteiger partial charge in [0.05, 0.1) is 12.7 Å². The van der Waals surface area contributed by atoms with Crippen LogP contribution in [0.2, 0.25) is 0 Å². The Morgan fingerprint density at radius 3 is 2.64 bits per heavy atom. The largest absolute Gasteiger partial charge is 0.385 e. The Morgan fingerprint density at radius 2 is 2.09 bits per heavy atom. The van der Waals surface area contributed by atoms with Crippen LogP contribution in [0.15, 0.2) is 0 Å². The normalized spacial score (nSPS) is 13.4. The zero-order chi connectivity index (χ0) is 8.53.